The maximum atomic E-state index is 11.3. The zero-order valence-electron chi connectivity index (χ0n) is 10.1. The summed E-state index contributed by atoms with van der Waals surface area (Å²) in [6, 6.07) is 9.99. The number of esters is 1. The number of methoxy groups -OCH3 is 1. The highest BCUT2D eigenvalue weighted by molar-refractivity contribution is 5.72. The molecule has 3 nitrogen and oxygen atoms in total. The maximum absolute atomic E-state index is 11.3. The van der Waals surface area contributed by atoms with Gasteiger partial charge >= 0.3 is 5.97 Å². The van der Waals surface area contributed by atoms with Gasteiger partial charge < -0.3 is 9.84 Å². The molecular weight excluding hydrogens is 216 g/mol. The first-order valence-corrected chi connectivity index (χ1v) is 5.73. The number of carbonyl (C=O) groups is 1. The van der Waals surface area contributed by atoms with Crippen molar-refractivity contribution >= 4 is 5.97 Å². The van der Waals surface area contributed by atoms with Crippen LogP contribution in [-0.2, 0) is 16.0 Å². The lowest BCUT2D eigenvalue weighted by Crippen LogP contribution is -2.23. The molecule has 0 fully saturated rings. The molecule has 1 unspecified atom stereocenters. The summed E-state index contributed by atoms with van der Waals surface area (Å²) in [6.07, 6.45) is 1.34. The van der Waals surface area contributed by atoms with Gasteiger partial charge in [-0.2, -0.15) is 0 Å². The van der Waals surface area contributed by atoms with Crippen LogP contribution < -0.4 is 0 Å². The smallest absolute Gasteiger partial charge is 0.311 e. The van der Waals surface area contributed by atoms with Gasteiger partial charge in [-0.05, 0) is 5.56 Å². The number of aliphatic hydroxyl groups is 1. The molecule has 0 radical (unpaired) electrons. The second kappa shape index (κ2) is 6.97. The number of carbonyl (C=O) groups excluding carboxylic acids is 1. The van der Waals surface area contributed by atoms with E-state index in [1.54, 1.807) is 0 Å². The first kappa shape index (κ1) is 13.6. The van der Waals surface area contributed by atoms with Gasteiger partial charge in [-0.25, -0.2) is 0 Å². The van der Waals surface area contributed by atoms with Crippen molar-refractivity contribution in [3.05, 3.63) is 42.8 Å². The van der Waals surface area contributed by atoms with Crippen LogP contribution in [0.3, 0.4) is 0 Å². The van der Waals surface area contributed by atoms with Gasteiger partial charge in [0.05, 0.1) is 26.6 Å². The van der Waals surface area contributed by atoms with Crippen molar-refractivity contribution < 1.29 is 14.6 Å². The molecule has 0 aliphatic rings. The number of aliphatic hydroxyl groups excluding tert-OH is 1. The minimum absolute atomic E-state index is 0.0913. The zero-order valence-corrected chi connectivity index (χ0v) is 10.1. The molecule has 92 valence electrons. The average molecular weight is 235 g/mol. The van der Waals surface area contributed by atoms with Gasteiger partial charge in [-0.1, -0.05) is 30.3 Å². The second-order valence-corrected chi connectivity index (χ2v) is 4.19. The summed E-state index contributed by atoms with van der Waals surface area (Å²) in [7, 11) is 1.33. The molecule has 1 rings (SSSR count). The molecule has 0 spiro atoms. The van der Waals surface area contributed by atoms with Crippen LogP contribution in [0.15, 0.2) is 30.3 Å². The summed E-state index contributed by atoms with van der Waals surface area (Å²) < 4.78 is 4.63. The van der Waals surface area contributed by atoms with Crippen LogP contribution in [0.25, 0.3) is 0 Å². The molecule has 2 atom stereocenters. The van der Waals surface area contributed by atoms with Gasteiger partial charge in [0, 0.05) is 12.8 Å². The second-order valence-electron chi connectivity index (χ2n) is 4.19. The first-order chi connectivity index (χ1) is 8.17. The van der Waals surface area contributed by atoms with Gasteiger partial charge in [-0.15, -0.1) is 0 Å². The van der Waals surface area contributed by atoms with Gasteiger partial charge in [0.1, 0.15) is 5.92 Å². The molecule has 0 aromatic heterocycles. The number of benzene rings is 1. The molecule has 0 aliphatic carbocycles. The Kier molecular flexibility index (Phi) is 5.57. The highest BCUT2D eigenvalue weighted by atomic mass is 16.5. The number of hydrogen-bond donors (Lipinski definition) is 1. The quantitative estimate of drug-likeness (QED) is 0.604. The molecule has 0 aliphatic heterocycles. The van der Waals surface area contributed by atoms with Crippen molar-refractivity contribution in [2.75, 3.05) is 13.7 Å². The summed E-state index contributed by atoms with van der Waals surface area (Å²) in [6.45, 7) is 3.83. The summed E-state index contributed by atoms with van der Waals surface area (Å²) in [5, 5.41) is 9.11. The fourth-order valence-electron chi connectivity index (χ4n) is 1.85. The normalized spacial score (nSPS) is 14.0. The molecule has 0 heterocycles. The van der Waals surface area contributed by atoms with Crippen LogP contribution in [0, 0.1) is 18.8 Å². The Labute approximate surface area is 102 Å². The Bertz CT molecular complexity index is 335. The Balaban J connectivity index is 2.48. The predicted molar refractivity (Wildman–Crippen MR) is 66.2 cm³/mol. The fourth-order valence-corrected chi connectivity index (χ4v) is 1.85. The van der Waals surface area contributed by atoms with Gasteiger partial charge in [-0.3, -0.25) is 4.79 Å². The molecule has 0 bridgehead atoms. The largest absolute Gasteiger partial charge is 0.469 e. The van der Waals surface area contributed by atoms with Crippen LogP contribution in [0.4, 0.5) is 0 Å². The topological polar surface area (TPSA) is 46.5 Å². The van der Waals surface area contributed by atoms with Crippen LogP contribution in [-0.4, -0.2) is 24.8 Å². The lowest BCUT2D eigenvalue weighted by molar-refractivity contribution is -0.147. The fraction of sp³-hybridized carbons (Fsp3) is 0.429. The van der Waals surface area contributed by atoms with E-state index >= 15 is 0 Å². The maximum Gasteiger partial charge on any atom is 0.311 e. The lowest BCUT2D eigenvalue weighted by atomic mass is 9.91. The monoisotopic (exact) mass is 235 g/mol. The standard InChI is InChI=1S/C14H19O3/c1-11(8-12-6-4-3-5-7-12)9-13(10-15)14(16)17-2/h3-7,11,13,15H,1,8-10H2,2H3/q+1/t11-,13?/m0/s1. The summed E-state index contributed by atoms with van der Waals surface area (Å²) >= 11 is 0. The highest BCUT2D eigenvalue weighted by Gasteiger charge is 2.24. The van der Waals surface area contributed by atoms with E-state index < -0.39 is 5.92 Å². The van der Waals surface area contributed by atoms with Crippen molar-refractivity contribution in [3.8, 4) is 0 Å². The van der Waals surface area contributed by atoms with Crippen LogP contribution >= 0.6 is 0 Å². The van der Waals surface area contributed by atoms with E-state index in [1.807, 2.05) is 30.3 Å². The number of rotatable bonds is 6. The van der Waals surface area contributed by atoms with E-state index in [0.717, 1.165) is 6.42 Å². The minimum atomic E-state index is -0.466. The minimum Gasteiger partial charge on any atom is -0.469 e. The van der Waals surface area contributed by atoms with E-state index in [-0.39, 0.29) is 18.5 Å². The van der Waals surface area contributed by atoms with E-state index in [0.29, 0.717) is 6.42 Å². The number of ether oxygens (including phenoxy) is 1. The molecular formula is C14H19O3+. The molecule has 1 N–H and O–H groups in total. The molecule has 3 heteroatoms. The van der Waals surface area contributed by atoms with E-state index in [9.17, 15) is 4.79 Å². The van der Waals surface area contributed by atoms with Gasteiger partial charge in [0.2, 0.25) is 0 Å². The van der Waals surface area contributed by atoms with Crippen LogP contribution in [0.1, 0.15) is 12.0 Å². The van der Waals surface area contributed by atoms with Crippen molar-refractivity contribution in [1.82, 2.24) is 0 Å². The Hall–Kier alpha value is -1.48. The molecule has 17 heavy (non-hydrogen) atoms. The predicted octanol–water partition coefficient (Wildman–Crippen LogP) is 1.85. The summed E-state index contributed by atoms with van der Waals surface area (Å²) in [5.74, 6) is -0.742. The van der Waals surface area contributed by atoms with Gasteiger partial charge in [0.15, 0.2) is 0 Å². The molecule has 0 amide bonds. The number of hydrogen-bond acceptors (Lipinski definition) is 3. The zero-order chi connectivity index (χ0) is 12.7. The first-order valence-electron chi connectivity index (χ1n) is 5.73. The third-order valence-electron chi connectivity index (χ3n) is 2.74. The SMILES string of the molecule is [CH2+][C@@H](Cc1ccccc1)CC(CO)C(=O)OC. The van der Waals surface area contributed by atoms with Crippen molar-refractivity contribution in [1.29, 1.82) is 0 Å². The molecule has 1 aromatic carbocycles. The van der Waals surface area contributed by atoms with E-state index in [1.165, 1.54) is 12.7 Å². The summed E-state index contributed by atoms with van der Waals surface area (Å²) in [4.78, 5) is 11.3. The Morgan fingerprint density at radius 1 is 1.41 bits per heavy atom. The van der Waals surface area contributed by atoms with Crippen molar-refractivity contribution in [2.45, 2.75) is 12.8 Å². The molecule has 1 aromatic rings. The average Bonchev–Trinajstić information content (AvgIpc) is 2.36. The molecule has 0 saturated heterocycles. The summed E-state index contributed by atoms with van der Waals surface area (Å²) in [5.41, 5.74) is 1.19. The van der Waals surface area contributed by atoms with E-state index in [2.05, 4.69) is 11.7 Å². The highest BCUT2D eigenvalue weighted by Crippen LogP contribution is 2.17. The Morgan fingerprint density at radius 3 is 2.59 bits per heavy atom. The van der Waals surface area contributed by atoms with E-state index in [4.69, 9.17) is 5.11 Å². The lowest BCUT2D eigenvalue weighted by Gasteiger charge is -2.13. The Morgan fingerprint density at radius 2 is 2.06 bits per heavy atom. The molecule has 0 saturated carbocycles. The third kappa shape index (κ3) is 4.49. The third-order valence-corrected chi connectivity index (χ3v) is 2.74. The van der Waals surface area contributed by atoms with Crippen molar-refractivity contribution in [3.63, 3.8) is 0 Å². The van der Waals surface area contributed by atoms with Gasteiger partial charge in [0.25, 0.3) is 0 Å². The van der Waals surface area contributed by atoms with Crippen molar-refractivity contribution in [2.24, 2.45) is 11.8 Å². The van der Waals surface area contributed by atoms with Crippen LogP contribution in [0.5, 0.6) is 0 Å². The van der Waals surface area contributed by atoms with Crippen LogP contribution in [0.2, 0.25) is 0 Å².